The predicted octanol–water partition coefficient (Wildman–Crippen LogP) is 3.12. The van der Waals surface area contributed by atoms with E-state index < -0.39 is 0 Å². The van der Waals surface area contributed by atoms with Crippen molar-refractivity contribution >= 4 is 17.2 Å². The topological polar surface area (TPSA) is 30.9 Å². The smallest absolute Gasteiger partial charge is 0.120 e. The second-order valence-electron chi connectivity index (χ2n) is 5.24. The molecule has 0 bridgehead atoms. The summed E-state index contributed by atoms with van der Waals surface area (Å²) in [7, 11) is 0. The largest absolute Gasteiger partial charge is 0.388 e. The van der Waals surface area contributed by atoms with E-state index in [0.717, 1.165) is 17.5 Å². The minimum Gasteiger partial charge on any atom is -0.388 e. The average molecular weight is 236 g/mol. The van der Waals surface area contributed by atoms with Crippen molar-refractivity contribution in [1.29, 1.82) is 0 Å². The Morgan fingerprint density at radius 3 is 2.50 bits per heavy atom. The van der Waals surface area contributed by atoms with Gasteiger partial charge in [-0.15, -0.1) is 0 Å². The lowest BCUT2D eigenvalue weighted by atomic mass is 9.80. The second kappa shape index (κ2) is 4.58. The van der Waals surface area contributed by atoms with Crippen molar-refractivity contribution in [2.24, 2.45) is 17.6 Å². The van der Waals surface area contributed by atoms with Crippen molar-refractivity contribution in [3.63, 3.8) is 0 Å². The van der Waals surface area contributed by atoms with Gasteiger partial charge in [-0.3, -0.25) is 0 Å². The summed E-state index contributed by atoms with van der Waals surface area (Å²) in [5.74, 6) is 1.60. The third-order valence-electron chi connectivity index (χ3n) is 3.58. The van der Waals surface area contributed by atoms with Crippen molar-refractivity contribution in [1.82, 2.24) is 4.57 Å². The number of nitrogens with two attached hydrogens (primary N) is 1. The van der Waals surface area contributed by atoms with Gasteiger partial charge in [0.15, 0.2) is 0 Å². The van der Waals surface area contributed by atoms with Crippen molar-refractivity contribution < 1.29 is 0 Å². The van der Waals surface area contributed by atoms with Gasteiger partial charge in [0.1, 0.15) is 4.99 Å². The zero-order chi connectivity index (χ0) is 11.7. The van der Waals surface area contributed by atoms with Crippen molar-refractivity contribution in [3.8, 4) is 0 Å². The Kier molecular flexibility index (Phi) is 3.33. The molecule has 2 N–H and O–H groups in total. The molecule has 0 saturated heterocycles. The van der Waals surface area contributed by atoms with Gasteiger partial charge in [-0.1, -0.05) is 26.1 Å². The molecule has 2 atom stereocenters. The van der Waals surface area contributed by atoms with Crippen LogP contribution in [-0.4, -0.2) is 9.56 Å². The number of thiocarbonyl (C=S) groups is 1. The number of hydrogen-bond acceptors (Lipinski definition) is 1. The maximum absolute atomic E-state index is 5.75. The quantitative estimate of drug-likeness (QED) is 0.800. The highest BCUT2D eigenvalue weighted by Gasteiger charge is 2.26. The molecule has 1 aromatic heterocycles. The normalized spacial score (nSPS) is 30.2. The van der Waals surface area contributed by atoms with E-state index in [-0.39, 0.29) is 0 Å². The van der Waals surface area contributed by atoms with Crippen molar-refractivity contribution in [3.05, 3.63) is 24.0 Å². The summed E-state index contributed by atoms with van der Waals surface area (Å²) >= 11 is 5.09. The van der Waals surface area contributed by atoms with Gasteiger partial charge in [0.25, 0.3) is 0 Å². The van der Waals surface area contributed by atoms with Crippen LogP contribution >= 0.6 is 12.2 Å². The Labute approximate surface area is 103 Å². The van der Waals surface area contributed by atoms with Gasteiger partial charge in [0.05, 0.1) is 5.69 Å². The molecule has 0 aliphatic heterocycles. The van der Waals surface area contributed by atoms with E-state index in [1.165, 1.54) is 19.3 Å². The molecular weight excluding hydrogens is 216 g/mol. The summed E-state index contributed by atoms with van der Waals surface area (Å²) < 4.78 is 2.27. The van der Waals surface area contributed by atoms with Gasteiger partial charge in [0.2, 0.25) is 0 Å². The number of hydrogen-bond donors (Lipinski definition) is 1. The molecule has 0 spiro atoms. The lowest BCUT2D eigenvalue weighted by Crippen LogP contribution is -2.25. The zero-order valence-electron chi connectivity index (χ0n) is 10.0. The first-order chi connectivity index (χ1) is 7.58. The van der Waals surface area contributed by atoms with Gasteiger partial charge in [-0.2, -0.15) is 0 Å². The molecule has 3 heteroatoms. The SMILES string of the molecule is CC1CC(C)CC(n2cccc2C(N)=S)C1. The van der Waals surface area contributed by atoms with Crippen LogP contribution in [0.3, 0.4) is 0 Å². The summed E-state index contributed by atoms with van der Waals surface area (Å²) in [5, 5.41) is 0. The fourth-order valence-electron chi connectivity index (χ4n) is 3.05. The van der Waals surface area contributed by atoms with Crippen LogP contribution < -0.4 is 5.73 Å². The highest BCUT2D eigenvalue weighted by molar-refractivity contribution is 7.80. The summed E-state index contributed by atoms with van der Waals surface area (Å²) in [6.45, 7) is 4.68. The van der Waals surface area contributed by atoms with Crippen LogP contribution in [0.4, 0.5) is 0 Å². The molecular formula is C13H20N2S. The van der Waals surface area contributed by atoms with E-state index in [2.05, 4.69) is 24.6 Å². The Hall–Kier alpha value is -0.830. The van der Waals surface area contributed by atoms with Crippen molar-refractivity contribution in [2.45, 2.75) is 39.2 Å². The molecule has 88 valence electrons. The molecule has 1 aliphatic carbocycles. The lowest BCUT2D eigenvalue weighted by Gasteiger charge is -2.33. The molecule has 1 fully saturated rings. The molecule has 2 unspecified atom stereocenters. The molecule has 1 heterocycles. The van der Waals surface area contributed by atoms with E-state index >= 15 is 0 Å². The first-order valence-electron chi connectivity index (χ1n) is 6.04. The highest BCUT2D eigenvalue weighted by atomic mass is 32.1. The standard InChI is InChI=1S/C13H20N2S/c1-9-6-10(2)8-11(7-9)15-5-3-4-12(15)13(14)16/h3-5,9-11H,6-8H2,1-2H3,(H2,14,16). The lowest BCUT2D eigenvalue weighted by molar-refractivity contribution is 0.221. The molecule has 1 aromatic rings. The first kappa shape index (κ1) is 11.6. The van der Waals surface area contributed by atoms with Gasteiger partial charge < -0.3 is 10.3 Å². The van der Waals surface area contributed by atoms with E-state index in [9.17, 15) is 0 Å². The molecule has 0 radical (unpaired) electrons. The van der Waals surface area contributed by atoms with Crippen LogP contribution in [0.25, 0.3) is 0 Å². The van der Waals surface area contributed by atoms with Crippen LogP contribution in [0.2, 0.25) is 0 Å². The van der Waals surface area contributed by atoms with Gasteiger partial charge in [-0.05, 0) is 43.2 Å². The molecule has 0 amide bonds. The van der Waals surface area contributed by atoms with Gasteiger partial charge in [0, 0.05) is 12.2 Å². The average Bonchev–Trinajstić information content (AvgIpc) is 2.63. The van der Waals surface area contributed by atoms with Gasteiger partial charge >= 0.3 is 0 Å². The number of nitrogens with zero attached hydrogens (tertiary/aromatic N) is 1. The molecule has 1 aliphatic rings. The summed E-state index contributed by atoms with van der Waals surface area (Å²) in [6, 6.07) is 4.63. The van der Waals surface area contributed by atoms with Crippen LogP contribution in [0.1, 0.15) is 44.8 Å². The highest BCUT2D eigenvalue weighted by Crippen LogP contribution is 2.36. The Morgan fingerprint density at radius 1 is 1.31 bits per heavy atom. The van der Waals surface area contributed by atoms with Crippen LogP contribution in [0.5, 0.6) is 0 Å². The van der Waals surface area contributed by atoms with Crippen LogP contribution in [-0.2, 0) is 0 Å². The van der Waals surface area contributed by atoms with Crippen molar-refractivity contribution in [2.75, 3.05) is 0 Å². The number of aromatic nitrogens is 1. The second-order valence-corrected chi connectivity index (χ2v) is 5.68. The Morgan fingerprint density at radius 2 is 1.94 bits per heavy atom. The van der Waals surface area contributed by atoms with E-state index in [0.29, 0.717) is 11.0 Å². The Bertz CT molecular complexity index is 373. The third-order valence-corrected chi connectivity index (χ3v) is 3.79. The maximum atomic E-state index is 5.75. The van der Waals surface area contributed by atoms with Crippen LogP contribution in [0, 0.1) is 11.8 Å². The maximum Gasteiger partial charge on any atom is 0.120 e. The molecule has 16 heavy (non-hydrogen) atoms. The predicted molar refractivity (Wildman–Crippen MR) is 71.5 cm³/mol. The first-order valence-corrected chi connectivity index (χ1v) is 6.45. The summed E-state index contributed by atoms with van der Waals surface area (Å²) in [6.07, 6.45) is 5.95. The number of rotatable bonds is 2. The molecule has 2 nitrogen and oxygen atoms in total. The fourth-order valence-corrected chi connectivity index (χ4v) is 3.23. The molecule has 1 saturated carbocycles. The summed E-state index contributed by atoms with van der Waals surface area (Å²) in [5.41, 5.74) is 6.76. The summed E-state index contributed by atoms with van der Waals surface area (Å²) in [4.78, 5) is 0.510. The van der Waals surface area contributed by atoms with Crippen LogP contribution in [0.15, 0.2) is 18.3 Å². The fraction of sp³-hybridized carbons (Fsp3) is 0.615. The monoisotopic (exact) mass is 236 g/mol. The zero-order valence-corrected chi connectivity index (χ0v) is 10.8. The molecule has 0 aromatic carbocycles. The Balaban J connectivity index is 2.23. The minimum atomic E-state index is 0.510. The van der Waals surface area contributed by atoms with E-state index in [1.807, 2.05) is 12.1 Å². The molecule has 2 rings (SSSR count). The third kappa shape index (κ3) is 2.29. The van der Waals surface area contributed by atoms with Gasteiger partial charge in [-0.25, -0.2) is 0 Å². The van der Waals surface area contributed by atoms with E-state index in [1.54, 1.807) is 0 Å². The van der Waals surface area contributed by atoms with E-state index in [4.69, 9.17) is 18.0 Å². The minimum absolute atomic E-state index is 0.510.